The van der Waals surface area contributed by atoms with Gasteiger partial charge in [0.2, 0.25) is 6.41 Å². The number of likely N-dealkylation sites (tertiary alicyclic amines) is 1. The molecule has 2 aliphatic rings. The van der Waals surface area contributed by atoms with Gasteiger partial charge in [-0.3, -0.25) is 4.79 Å². The van der Waals surface area contributed by atoms with Gasteiger partial charge in [0.25, 0.3) is 0 Å². The molecular formula is C23H28N2O2S. The Labute approximate surface area is 171 Å². The number of nitrogens with zero attached hydrogens (tertiary/aromatic N) is 2. The molecule has 0 spiro atoms. The van der Waals surface area contributed by atoms with E-state index in [0.717, 1.165) is 50.2 Å². The van der Waals surface area contributed by atoms with Gasteiger partial charge in [-0.25, -0.2) is 0 Å². The van der Waals surface area contributed by atoms with Crippen LogP contribution in [0.4, 0.5) is 5.00 Å². The van der Waals surface area contributed by atoms with Gasteiger partial charge in [-0.2, -0.15) is 0 Å². The van der Waals surface area contributed by atoms with Gasteiger partial charge in [-0.15, -0.1) is 11.3 Å². The van der Waals surface area contributed by atoms with Crippen molar-refractivity contribution in [3.63, 3.8) is 0 Å². The molecule has 1 atom stereocenters. The molecule has 1 aliphatic heterocycles. The second-order valence-electron chi connectivity index (χ2n) is 7.97. The SMILES string of the molecule is CC(O)CN(C=O)c1cc2c(s1)CCc1ccccc1C2=C1CCN(C)CC1. The lowest BCUT2D eigenvalue weighted by Crippen LogP contribution is -2.28. The maximum absolute atomic E-state index is 11.6. The fraction of sp³-hybridized carbons (Fsp3) is 0.435. The first kappa shape index (κ1) is 19.4. The zero-order valence-corrected chi connectivity index (χ0v) is 17.5. The molecule has 1 aliphatic carbocycles. The zero-order valence-electron chi connectivity index (χ0n) is 16.6. The van der Waals surface area contributed by atoms with E-state index in [2.05, 4.69) is 42.3 Å². The Morgan fingerprint density at radius 1 is 1.18 bits per heavy atom. The van der Waals surface area contributed by atoms with E-state index in [1.54, 1.807) is 23.2 Å². The van der Waals surface area contributed by atoms with Crippen LogP contribution in [0.2, 0.25) is 0 Å². The Balaban J connectivity index is 1.83. The number of amides is 1. The van der Waals surface area contributed by atoms with E-state index < -0.39 is 6.10 Å². The number of hydrogen-bond acceptors (Lipinski definition) is 4. The van der Waals surface area contributed by atoms with Gasteiger partial charge in [0, 0.05) is 18.0 Å². The van der Waals surface area contributed by atoms with E-state index in [1.165, 1.54) is 32.7 Å². The maximum atomic E-state index is 11.6. The number of carbonyl (C=O) groups is 1. The summed E-state index contributed by atoms with van der Waals surface area (Å²) in [6, 6.07) is 11.0. The molecule has 1 amide bonds. The second kappa shape index (κ2) is 8.19. The molecule has 1 aromatic heterocycles. The van der Waals surface area contributed by atoms with Crippen LogP contribution < -0.4 is 4.90 Å². The van der Waals surface area contributed by atoms with Crippen LogP contribution in [0.15, 0.2) is 35.9 Å². The smallest absolute Gasteiger partial charge is 0.214 e. The monoisotopic (exact) mass is 396 g/mol. The number of aliphatic hydroxyl groups excluding tert-OH is 1. The number of piperidine rings is 1. The Bertz CT molecular complexity index is 890. The number of aliphatic hydroxyl groups is 1. The van der Waals surface area contributed by atoms with Crippen molar-refractivity contribution in [3.8, 4) is 0 Å². The number of hydrogen-bond donors (Lipinski definition) is 1. The third-order valence-electron chi connectivity index (χ3n) is 5.79. The summed E-state index contributed by atoms with van der Waals surface area (Å²) in [7, 11) is 2.19. The van der Waals surface area contributed by atoms with Gasteiger partial charge in [-0.1, -0.05) is 29.8 Å². The first-order chi connectivity index (χ1) is 13.6. The van der Waals surface area contributed by atoms with Crippen LogP contribution in [0.25, 0.3) is 5.57 Å². The van der Waals surface area contributed by atoms with E-state index in [9.17, 15) is 9.90 Å². The highest BCUT2D eigenvalue weighted by Crippen LogP contribution is 2.43. The molecule has 0 saturated carbocycles. The lowest BCUT2D eigenvalue weighted by Gasteiger charge is -2.27. The van der Waals surface area contributed by atoms with E-state index in [-0.39, 0.29) is 0 Å². The average Bonchev–Trinajstić information content (AvgIpc) is 3.04. The van der Waals surface area contributed by atoms with Gasteiger partial charge in [0.15, 0.2) is 0 Å². The molecule has 2 aromatic rings. The van der Waals surface area contributed by atoms with Gasteiger partial charge in [-0.05, 0) is 68.0 Å². The maximum Gasteiger partial charge on any atom is 0.214 e. The normalized spacial score (nSPS) is 18.2. The first-order valence-electron chi connectivity index (χ1n) is 10.1. The molecule has 5 heteroatoms. The summed E-state index contributed by atoms with van der Waals surface area (Å²) in [6.45, 7) is 4.24. The van der Waals surface area contributed by atoms with Crippen molar-refractivity contribution in [2.24, 2.45) is 0 Å². The second-order valence-corrected chi connectivity index (χ2v) is 9.08. The Hall–Kier alpha value is -1.95. The molecule has 2 heterocycles. The van der Waals surface area contributed by atoms with Crippen LogP contribution in [-0.4, -0.2) is 49.2 Å². The van der Waals surface area contributed by atoms with Gasteiger partial charge < -0.3 is 14.9 Å². The molecule has 148 valence electrons. The number of benzene rings is 1. The van der Waals surface area contributed by atoms with Gasteiger partial charge in [0.05, 0.1) is 17.6 Å². The molecular weight excluding hydrogens is 368 g/mol. The van der Waals surface area contributed by atoms with Crippen molar-refractivity contribution >= 4 is 28.3 Å². The van der Waals surface area contributed by atoms with E-state index in [4.69, 9.17) is 0 Å². The molecule has 1 unspecified atom stereocenters. The fourth-order valence-corrected chi connectivity index (χ4v) is 5.46. The van der Waals surface area contributed by atoms with E-state index in [0.29, 0.717) is 6.54 Å². The predicted molar refractivity (Wildman–Crippen MR) is 116 cm³/mol. The number of rotatable bonds is 4. The van der Waals surface area contributed by atoms with Crippen LogP contribution in [0.5, 0.6) is 0 Å². The molecule has 0 radical (unpaired) electrons. The Morgan fingerprint density at radius 2 is 1.93 bits per heavy atom. The van der Waals surface area contributed by atoms with Crippen LogP contribution in [0.3, 0.4) is 0 Å². The first-order valence-corrected chi connectivity index (χ1v) is 10.9. The minimum atomic E-state index is -0.542. The summed E-state index contributed by atoms with van der Waals surface area (Å²) in [5, 5.41) is 10.7. The topological polar surface area (TPSA) is 43.8 Å². The highest BCUT2D eigenvalue weighted by molar-refractivity contribution is 7.16. The fourth-order valence-electron chi connectivity index (χ4n) is 4.32. The van der Waals surface area contributed by atoms with Crippen molar-refractivity contribution in [1.29, 1.82) is 0 Å². The Kier molecular flexibility index (Phi) is 5.67. The number of carbonyl (C=O) groups excluding carboxylic acids is 1. The van der Waals surface area contributed by atoms with Crippen molar-refractivity contribution < 1.29 is 9.90 Å². The number of thiophene rings is 1. The quantitative estimate of drug-likeness (QED) is 0.801. The van der Waals surface area contributed by atoms with Crippen molar-refractivity contribution in [2.75, 3.05) is 31.6 Å². The van der Waals surface area contributed by atoms with Crippen LogP contribution in [-0.2, 0) is 17.6 Å². The Morgan fingerprint density at radius 3 is 2.64 bits per heavy atom. The molecule has 28 heavy (non-hydrogen) atoms. The van der Waals surface area contributed by atoms with Crippen LogP contribution >= 0.6 is 11.3 Å². The highest BCUT2D eigenvalue weighted by atomic mass is 32.1. The summed E-state index contributed by atoms with van der Waals surface area (Å²) >= 11 is 1.70. The summed E-state index contributed by atoms with van der Waals surface area (Å²) in [5.41, 5.74) is 7.00. The third kappa shape index (κ3) is 3.79. The largest absolute Gasteiger partial charge is 0.392 e. The van der Waals surface area contributed by atoms with Crippen molar-refractivity contribution in [1.82, 2.24) is 4.90 Å². The van der Waals surface area contributed by atoms with Crippen molar-refractivity contribution in [2.45, 2.75) is 38.7 Å². The van der Waals surface area contributed by atoms with Crippen LogP contribution in [0, 0.1) is 0 Å². The molecule has 0 bridgehead atoms. The molecule has 4 rings (SSSR count). The molecule has 1 N–H and O–H groups in total. The average molecular weight is 397 g/mol. The summed E-state index contributed by atoms with van der Waals surface area (Å²) in [4.78, 5) is 17.0. The zero-order chi connectivity index (χ0) is 19.7. The number of fused-ring (bicyclic) bond motifs is 2. The lowest BCUT2D eigenvalue weighted by molar-refractivity contribution is -0.107. The van der Waals surface area contributed by atoms with Gasteiger partial charge in [0.1, 0.15) is 0 Å². The molecule has 1 fully saturated rings. The molecule has 1 saturated heterocycles. The summed E-state index contributed by atoms with van der Waals surface area (Å²) in [6.07, 6.45) is 4.51. The minimum absolute atomic E-state index is 0.330. The van der Waals surface area contributed by atoms with Crippen LogP contribution in [0.1, 0.15) is 41.3 Å². The predicted octanol–water partition coefficient (Wildman–Crippen LogP) is 3.72. The summed E-state index contributed by atoms with van der Waals surface area (Å²) in [5.74, 6) is 0. The number of aryl methyl sites for hydroxylation is 2. The highest BCUT2D eigenvalue weighted by Gasteiger charge is 2.26. The van der Waals surface area contributed by atoms with E-state index in [1.807, 2.05) is 0 Å². The standard InChI is InChI=1S/C23H28N2O2S/c1-16(27)14-25(15-26)22-13-20-21(28-22)8-7-17-5-3-4-6-19(17)23(20)18-9-11-24(2)12-10-18/h3-6,13,15-16,27H,7-12,14H2,1-2H3. The lowest BCUT2D eigenvalue weighted by atomic mass is 9.88. The molecule has 4 nitrogen and oxygen atoms in total. The van der Waals surface area contributed by atoms with Crippen molar-refractivity contribution in [3.05, 3.63) is 57.5 Å². The minimum Gasteiger partial charge on any atom is -0.392 e. The third-order valence-corrected chi connectivity index (χ3v) is 7.02. The van der Waals surface area contributed by atoms with E-state index >= 15 is 0 Å². The molecule has 1 aromatic carbocycles. The van der Waals surface area contributed by atoms with Gasteiger partial charge >= 0.3 is 0 Å². The summed E-state index contributed by atoms with van der Waals surface area (Å²) < 4.78 is 0. The number of anilines is 1.